The van der Waals surface area contributed by atoms with Crippen molar-refractivity contribution in [2.45, 2.75) is 289 Å². The number of aliphatic hydroxyl groups excluding tert-OH is 3. The van der Waals surface area contributed by atoms with Gasteiger partial charge in [0.25, 0.3) is 0 Å². The number of carbonyl (C=O) groups excluding carboxylic acids is 8. The fourth-order valence-corrected chi connectivity index (χ4v) is 10.7. The highest BCUT2D eigenvalue weighted by molar-refractivity contribution is 7.47. The summed E-state index contributed by atoms with van der Waals surface area (Å²) in [6.45, 7) is 7.34. The molecular formula is C60H111N6O18P. The predicted molar refractivity (Wildman–Crippen MR) is 321 cm³/mol. The Labute approximate surface area is 506 Å². The van der Waals surface area contributed by atoms with Crippen LogP contribution in [0, 0.1) is 11.8 Å². The maximum atomic E-state index is 13.2. The van der Waals surface area contributed by atoms with E-state index in [2.05, 4.69) is 40.4 Å². The first-order chi connectivity index (χ1) is 40.5. The summed E-state index contributed by atoms with van der Waals surface area (Å²) in [5, 5.41) is 43.1. The molecule has 494 valence electrons. The van der Waals surface area contributed by atoms with E-state index in [1.54, 1.807) is 0 Å². The molecule has 0 bridgehead atoms. The molecule has 0 saturated carbocycles. The number of rotatable bonds is 52. The largest absolute Gasteiger partial charge is 0.472 e. The third-order valence-electron chi connectivity index (χ3n) is 15.1. The quantitative estimate of drug-likeness (QED) is 0.0173. The third-order valence-corrected chi connectivity index (χ3v) is 16.1. The van der Waals surface area contributed by atoms with Crippen molar-refractivity contribution < 1.29 is 86.4 Å². The molecule has 0 spiro atoms. The molecule has 25 heteroatoms. The van der Waals surface area contributed by atoms with E-state index in [1.807, 2.05) is 0 Å². The Morgan fingerprint density at radius 1 is 0.612 bits per heavy atom. The summed E-state index contributed by atoms with van der Waals surface area (Å²) in [6, 6.07) is -4.85. The van der Waals surface area contributed by atoms with E-state index in [-0.39, 0.29) is 38.6 Å². The summed E-state index contributed by atoms with van der Waals surface area (Å²) in [7, 11) is -4.79. The van der Waals surface area contributed by atoms with Crippen LogP contribution in [0.25, 0.3) is 0 Å². The Morgan fingerprint density at radius 2 is 1.09 bits per heavy atom. The maximum Gasteiger partial charge on any atom is 0.472 e. The standard InChI is InChI=1S/C60H111N6O18P/c1-7-9-11-13-15-17-19-21-23-25-27-29-31-33-52(70)80-41-47(83-53(71)34-32-30-28-26-24-22-20-18-16-14-12-10-8-2)42-82-85(78,79)81-38-37-62-58(75)44(4)63-51(69)36-35-49(56(61)73)66-59(76)45(5)64-57(74)43(3)39-48-54(65-46(6)68)60(77)84-50(40-67)55(48)72/h43-45,47-50,54-55,60,67,72,77H,7-42H2,1-6H3,(H2,61,73)(H,62,75)(H,63,69)(H,64,74)(H,65,68)(H,66,76)(H,78,79). The number of hydrogen-bond acceptors (Lipinski definition) is 17. The van der Waals surface area contributed by atoms with Gasteiger partial charge in [0.05, 0.1) is 32.0 Å². The van der Waals surface area contributed by atoms with Crippen LogP contribution in [0.4, 0.5) is 0 Å². The Hall–Kier alpha value is -4.29. The van der Waals surface area contributed by atoms with Crippen molar-refractivity contribution in [3.63, 3.8) is 0 Å². The average molecular weight is 1240 g/mol. The minimum atomic E-state index is -4.79. The number of phosphoric acid groups is 1. The van der Waals surface area contributed by atoms with Crippen molar-refractivity contribution in [2.75, 3.05) is 33.0 Å². The van der Waals surface area contributed by atoms with Gasteiger partial charge in [0.15, 0.2) is 12.4 Å². The smallest absolute Gasteiger partial charge is 0.462 e. The zero-order chi connectivity index (χ0) is 63.4. The van der Waals surface area contributed by atoms with E-state index in [4.69, 9.17) is 29.0 Å². The highest BCUT2D eigenvalue weighted by Crippen LogP contribution is 2.43. The monoisotopic (exact) mass is 1230 g/mol. The lowest BCUT2D eigenvalue weighted by Crippen LogP contribution is -2.61. The molecule has 0 radical (unpaired) electrons. The van der Waals surface area contributed by atoms with Gasteiger partial charge in [0.2, 0.25) is 35.4 Å². The fraction of sp³-hybridized carbons (Fsp3) is 0.867. The molecule has 0 aromatic heterocycles. The van der Waals surface area contributed by atoms with Crippen LogP contribution in [0.1, 0.15) is 241 Å². The van der Waals surface area contributed by atoms with E-state index in [0.29, 0.717) is 12.8 Å². The van der Waals surface area contributed by atoms with Gasteiger partial charge >= 0.3 is 19.8 Å². The molecule has 1 fully saturated rings. The molecule has 11 N–H and O–H groups in total. The van der Waals surface area contributed by atoms with Gasteiger partial charge in [-0.05, 0) is 39.5 Å². The van der Waals surface area contributed by atoms with Crippen LogP contribution in [0.2, 0.25) is 0 Å². The van der Waals surface area contributed by atoms with E-state index in [9.17, 15) is 63.1 Å². The van der Waals surface area contributed by atoms with Gasteiger partial charge in [0, 0.05) is 44.6 Å². The summed E-state index contributed by atoms with van der Waals surface area (Å²) in [4.78, 5) is 112. The average Bonchev–Trinajstić information content (AvgIpc) is 2.45. The molecule has 1 heterocycles. The number of ether oxygens (including phenoxy) is 3. The lowest BCUT2D eigenvalue weighted by Gasteiger charge is -2.43. The summed E-state index contributed by atoms with van der Waals surface area (Å²) >= 11 is 0. The van der Waals surface area contributed by atoms with E-state index in [0.717, 1.165) is 44.9 Å². The van der Waals surface area contributed by atoms with Crippen LogP contribution < -0.4 is 32.3 Å². The van der Waals surface area contributed by atoms with Gasteiger partial charge in [-0.25, -0.2) is 4.57 Å². The Bertz CT molecular complexity index is 1960. The van der Waals surface area contributed by atoms with Crippen LogP contribution in [-0.4, -0.2) is 149 Å². The topological polar surface area (TPSA) is 367 Å². The van der Waals surface area contributed by atoms with Crippen molar-refractivity contribution >= 4 is 55.2 Å². The second-order valence-corrected chi connectivity index (χ2v) is 24.4. The zero-order valence-corrected chi connectivity index (χ0v) is 53.2. The molecule has 1 aliphatic heterocycles. The number of nitrogens with one attached hydrogen (secondary N) is 5. The fourth-order valence-electron chi connectivity index (χ4n) is 9.96. The molecule has 11 unspecified atom stereocenters. The van der Waals surface area contributed by atoms with Crippen molar-refractivity contribution in [1.29, 1.82) is 0 Å². The number of unbranched alkanes of at least 4 members (excludes halogenated alkanes) is 24. The lowest BCUT2D eigenvalue weighted by molar-refractivity contribution is -0.242. The highest BCUT2D eigenvalue weighted by atomic mass is 31.2. The number of carbonyl (C=O) groups is 8. The number of aliphatic hydroxyl groups is 3. The SMILES string of the molecule is CCCCCCCCCCCCCCCC(=O)OCC(COP(=O)(O)OCCNC(=O)C(C)NC(=O)CCC(NC(=O)C(C)NC(=O)C(C)CC1C(O)C(CO)OC(O)C1NC(C)=O)C(N)=O)OC(=O)CCCCCCCCCCCCCCC. The summed E-state index contributed by atoms with van der Waals surface area (Å²) in [6.07, 6.45) is 24.1. The molecule has 1 saturated heterocycles. The first-order valence-electron chi connectivity index (χ1n) is 31.9. The Balaban J connectivity index is 2.62. The molecule has 0 aliphatic carbocycles. The van der Waals surface area contributed by atoms with Crippen molar-refractivity contribution in [1.82, 2.24) is 26.6 Å². The number of nitrogens with two attached hydrogens (primary N) is 1. The molecule has 1 rings (SSSR count). The van der Waals surface area contributed by atoms with Crippen molar-refractivity contribution in [3.8, 4) is 0 Å². The third kappa shape index (κ3) is 38.6. The minimum Gasteiger partial charge on any atom is -0.462 e. The minimum absolute atomic E-state index is 0.102. The van der Waals surface area contributed by atoms with Crippen LogP contribution in [-0.2, 0) is 66.2 Å². The number of esters is 2. The van der Waals surface area contributed by atoms with E-state index < -0.39 is 142 Å². The van der Waals surface area contributed by atoms with Gasteiger partial charge in [-0.2, -0.15) is 0 Å². The van der Waals surface area contributed by atoms with Gasteiger partial charge in [-0.15, -0.1) is 0 Å². The van der Waals surface area contributed by atoms with Gasteiger partial charge in [-0.3, -0.25) is 47.4 Å². The van der Waals surface area contributed by atoms with Crippen molar-refractivity contribution in [3.05, 3.63) is 0 Å². The molecule has 11 atom stereocenters. The van der Waals surface area contributed by atoms with E-state index >= 15 is 0 Å². The molecule has 0 aromatic rings. The van der Waals surface area contributed by atoms with E-state index in [1.165, 1.54) is 137 Å². The molecule has 1 aliphatic rings. The van der Waals surface area contributed by atoms with Crippen LogP contribution in [0.15, 0.2) is 0 Å². The first kappa shape index (κ1) is 78.7. The highest BCUT2D eigenvalue weighted by Gasteiger charge is 2.46. The van der Waals surface area contributed by atoms with Crippen molar-refractivity contribution in [2.24, 2.45) is 17.6 Å². The lowest BCUT2D eigenvalue weighted by atomic mass is 9.80. The molecule has 6 amide bonds. The zero-order valence-electron chi connectivity index (χ0n) is 52.3. The van der Waals surface area contributed by atoms with Gasteiger partial charge in [-0.1, -0.05) is 175 Å². The molecular weight excluding hydrogens is 1120 g/mol. The Morgan fingerprint density at radius 3 is 1.58 bits per heavy atom. The number of phosphoric ester groups is 1. The van der Waals surface area contributed by atoms with Gasteiger partial charge < -0.3 is 66.7 Å². The maximum absolute atomic E-state index is 13.2. The summed E-state index contributed by atoms with van der Waals surface area (Å²) < 4.78 is 39.3. The summed E-state index contributed by atoms with van der Waals surface area (Å²) in [5.41, 5.74) is 5.51. The second-order valence-electron chi connectivity index (χ2n) is 23.0. The van der Waals surface area contributed by atoms with Crippen LogP contribution in [0.5, 0.6) is 0 Å². The van der Waals surface area contributed by atoms with Gasteiger partial charge in [0.1, 0.15) is 30.8 Å². The number of primary amides is 1. The molecule has 85 heavy (non-hydrogen) atoms. The van der Waals surface area contributed by atoms with Crippen LogP contribution >= 0.6 is 7.82 Å². The first-order valence-corrected chi connectivity index (χ1v) is 33.4. The Kier molecular flexibility index (Phi) is 44.2. The summed E-state index contributed by atoms with van der Waals surface area (Å²) in [5.74, 6) is -7.30. The number of hydrogen-bond donors (Lipinski definition) is 10. The molecule has 0 aromatic carbocycles. The number of amides is 6. The second kappa shape index (κ2) is 47.7. The normalized spacial score (nSPS) is 19.2. The van der Waals surface area contributed by atoms with Crippen LogP contribution in [0.3, 0.4) is 0 Å². The predicted octanol–water partition coefficient (Wildman–Crippen LogP) is 6.63. The molecule has 24 nitrogen and oxygen atoms in total.